The first-order chi connectivity index (χ1) is 13.8. The van der Waals surface area contributed by atoms with E-state index in [-0.39, 0.29) is 28.9 Å². The average molecular weight is 392 g/mol. The lowest BCUT2D eigenvalue weighted by Crippen LogP contribution is -2.21. The zero-order valence-corrected chi connectivity index (χ0v) is 17.1. The van der Waals surface area contributed by atoms with Gasteiger partial charge in [0, 0.05) is 17.5 Å². The Bertz CT molecular complexity index is 955. The fourth-order valence-electron chi connectivity index (χ4n) is 4.18. The minimum atomic E-state index is -0.511. The van der Waals surface area contributed by atoms with Gasteiger partial charge in [0.2, 0.25) is 0 Å². The maximum atomic E-state index is 12.8. The zero-order valence-electron chi connectivity index (χ0n) is 17.1. The maximum absolute atomic E-state index is 12.8. The summed E-state index contributed by atoms with van der Waals surface area (Å²) >= 11 is 0. The van der Waals surface area contributed by atoms with Crippen molar-refractivity contribution in [2.75, 3.05) is 0 Å². The summed E-state index contributed by atoms with van der Waals surface area (Å²) in [7, 11) is 0. The lowest BCUT2D eigenvalue weighted by Gasteiger charge is -2.34. The minimum Gasteiger partial charge on any atom is -0.507 e. The van der Waals surface area contributed by atoms with Crippen LogP contribution in [0.1, 0.15) is 61.0 Å². The van der Waals surface area contributed by atoms with Crippen molar-refractivity contribution in [2.24, 2.45) is 11.8 Å². The van der Waals surface area contributed by atoms with Gasteiger partial charge in [0.25, 0.3) is 0 Å². The summed E-state index contributed by atoms with van der Waals surface area (Å²) in [6.45, 7) is 6.28. The van der Waals surface area contributed by atoms with Crippen molar-refractivity contribution < 1.29 is 20.1 Å². The Kier molecular flexibility index (Phi) is 6.12. The monoisotopic (exact) mass is 392 g/mol. The van der Waals surface area contributed by atoms with Gasteiger partial charge >= 0.3 is 0 Å². The molecule has 0 heterocycles. The summed E-state index contributed by atoms with van der Waals surface area (Å²) < 4.78 is 0. The molecular formula is C25H28O4. The van der Waals surface area contributed by atoms with Gasteiger partial charge in [-0.2, -0.15) is 0 Å². The third-order valence-corrected chi connectivity index (χ3v) is 5.76. The molecule has 2 aromatic rings. The molecule has 4 heteroatoms. The number of aromatic hydroxyl groups is 3. The molecule has 0 saturated heterocycles. The van der Waals surface area contributed by atoms with Crippen molar-refractivity contribution in [3.63, 3.8) is 0 Å². The summed E-state index contributed by atoms with van der Waals surface area (Å²) in [5.74, 6) is -1.12. The van der Waals surface area contributed by atoms with E-state index in [9.17, 15) is 20.1 Å². The topological polar surface area (TPSA) is 77.8 Å². The Morgan fingerprint density at radius 3 is 2.45 bits per heavy atom. The van der Waals surface area contributed by atoms with Crippen LogP contribution in [0.25, 0.3) is 6.08 Å². The normalized spacial score (nSPS) is 19.5. The van der Waals surface area contributed by atoms with Gasteiger partial charge in [0.05, 0.1) is 0 Å². The molecule has 3 N–H and O–H groups in total. The van der Waals surface area contributed by atoms with Crippen LogP contribution in [0.4, 0.5) is 0 Å². The number of carbonyl (C=O) groups is 1. The van der Waals surface area contributed by atoms with E-state index >= 15 is 0 Å². The Labute approximate surface area is 171 Å². The number of carbonyl (C=O) groups excluding carboxylic acids is 1. The molecule has 0 aromatic heterocycles. The second-order valence-corrected chi connectivity index (χ2v) is 8.15. The summed E-state index contributed by atoms with van der Waals surface area (Å²) in [6, 6.07) is 10.5. The molecule has 152 valence electrons. The van der Waals surface area contributed by atoms with Gasteiger partial charge in [-0.3, -0.25) is 4.79 Å². The number of rotatable bonds is 5. The van der Waals surface area contributed by atoms with Gasteiger partial charge in [-0.15, -0.1) is 0 Å². The van der Waals surface area contributed by atoms with E-state index in [0.717, 1.165) is 24.5 Å². The number of phenols is 3. The van der Waals surface area contributed by atoms with Gasteiger partial charge in [0.15, 0.2) is 5.78 Å². The molecular weight excluding hydrogens is 364 g/mol. The zero-order chi connectivity index (χ0) is 21.1. The van der Waals surface area contributed by atoms with Crippen molar-refractivity contribution in [3.8, 4) is 17.2 Å². The first-order valence-corrected chi connectivity index (χ1v) is 10.0. The Morgan fingerprint density at radius 1 is 1.10 bits per heavy atom. The first kappa shape index (κ1) is 20.7. The highest BCUT2D eigenvalue weighted by Crippen LogP contribution is 2.49. The maximum Gasteiger partial charge on any atom is 0.193 e. The largest absolute Gasteiger partial charge is 0.507 e. The first-order valence-electron chi connectivity index (χ1n) is 10.0. The summed E-state index contributed by atoms with van der Waals surface area (Å²) in [4.78, 5) is 12.8. The number of hydrogen-bond acceptors (Lipinski definition) is 4. The molecule has 29 heavy (non-hydrogen) atoms. The SMILES string of the molecule is CC1=CC(c2c(O)cc(O)c(C(=O)C=Cc3ccccc3)c2O)C(C(C)C)CC1. The average Bonchev–Trinajstić information content (AvgIpc) is 2.66. The van der Waals surface area contributed by atoms with Gasteiger partial charge in [-0.05, 0) is 43.2 Å². The van der Waals surface area contributed by atoms with Crippen molar-refractivity contribution in [2.45, 2.75) is 39.5 Å². The highest BCUT2D eigenvalue weighted by molar-refractivity contribution is 6.11. The molecule has 2 aromatic carbocycles. The third-order valence-electron chi connectivity index (χ3n) is 5.76. The second-order valence-electron chi connectivity index (χ2n) is 8.15. The molecule has 0 bridgehead atoms. The molecule has 3 rings (SSSR count). The van der Waals surface area contributed by atoms with E-state index in [1.54, 1.807) is 6.08 Å². The quantitative estimate of drug-likeness (QED) is 0.342. The molecule has 0 spiro atoms. The fourth-order valence-corrected chi connectivity index (χ4v) is 4.18. The van der Waals surface area contributed by atoms with Crippen molar-refractivity contribution >= 4 is 11.9 Å². The predicted molar refractivity (Wildman–Crippen MR) is 115 cm³/mol. The molecule has 2 atom stereocenters. The molecule has 0 radical (unpaired) electrons. The van der Waals surface area contributed by atoms with Gasteiger partial charge in [-0.1, -0.05) is 61.9 Å². The van der Waals surface area contributed by atoms with Crippen LogP contribution in [0.5, 0.6) is 17.2 Å². The van der Waals surface area contributed by atoms with Gasteiger partial charge < -0.3 is 15.3 Å². The van der Waals surface area contributed by atoms with Crippen LogP contribution in [-0.4, -0.2) is 21.1 Å². The predicted octanol–water partition coefficient (Wildman–Crippen LogP) is 5.80. The standard InChI is InChI=1S/C25H28O4/c1-15(2)18-11-9-16(3)13-19(18)23-21(27)14-22(28)24(25(23)29)20(26)12-10-17-7-5-4-6-8-17/h4-8,10,12-15,18-19,27-29H,9,11H2,1-3H3. The lowest BCUT2D eigenvalue weighted by atomic mass is 9.71. The van der Waals surface area contributed by atoms with E-state index in [0.29, 0.717) is 11.5 Å². The van der Waals surface area contributed by atoms with Crippen LogP contribution in [0.3, 0.4) is 0 Å². The van der Waals surface area contributed by atoms with Gasteiger partial charge in [-0.25, -0.2) is 0 Å². The summed E-state index contributed by atoms with van der Waals surface area (Å²) in [6.07, 6.45) is 6.95. The number of ketones is 1. The minimum absolute atomic E-state index is 0.177. The third kappa shape index (κ3) is 4.37. The Morgan fingerprint density at radius 2 is 1.79 bits per heavy atom. The molecule has 2 unspecified atom stereocenters. The van der Waals surface area contributed by atoms with Crippen molar-refractivity contribution in [3.05, 3.63) is 70.8 Å². The summed E-state index contributed by atoms with van der Waals surface area (Å²) in [5.41, 5.74) is 2.17. The summed E-state index contributed by atoms with van der Waals surface area (Å²) in [5, 5.41) is 31.8. The smallest absolute Gasteiger partial charge is 0.193 e. The van der Waals surface area contributed by atoms with E-state index < -0.39 is 11.5 Å². The highest BCUT2D eigenvalue weighted by atomic mass is 16.3. The fraction of sp³-hybridized carbons (Fsp3) is 0.320. The van der Waals surface area contributed by atoms with Crippen molar-refractivity contribution in [1.82, 2.24) is 0 Å². The number of allylic oxidation sites excluding steroid dienone is 3. The Balaban J connectivity index is 2.05. The number of hydrogen-bond donors (Lipinski definition) is 3. The van der Waals surface area contributed by atoms with Crippen LogP contribution in [-0.2, 0) is 0 Å². The van der Waals surface area contributed by atoms with E-state index in [4.69, 9.17) is 0 Å². The lowest BCUT2D eigenvalue weighted by molar-refractivity contribution is 0.104. The van der Waals surface area contributed by atoms with E-state index in [2.05, 4.69) is 19.9 Å². The van der Waals surface area contributed by atoms with Crippen molar-refractivity contribution in [1.29, 1.82) is 0 Å². The highest BCUT2D eigenvalue weighted by Gasteiger charge is 2.33. The number of phenolic OH excluding ortho intramolecular Hbond substituents is 3. The van der Waals surface area contributed by atoms with E-state index in [1.165, 1.54) is 11.6 Å². The van der Waals surface area contributed by atoms with Gasteiger partial charge in [0.1, 0.15) is 22.8 Å². The molecule has 0 fully saturated rings. The van der Waals surface area contributed by atoms with Crippen LogP contribution < -0.4 is 0 Å². The van der Waals surface area contributed by atoms with Crippen LogP contribution >= 0.6 is 0 Å². The van der Waals surface area contributed by atoms with Crippen LogP contribution in [0.2, 0.25) is 0 Å². The Hall–Kier alpha value is -3.01. The second kappa shape index (κ2) is 8.56. The van der Waals surface area contributed by atoms with Crippen LogP contribution in [0.15, 0.2) is 54.1 Å². The molecule has 0 aliphatic heterocycles. The van der Waals surface area contributed by atoms with E-state index in [1.807, 2.05) is 37.3 Å². The van der Waals surface area contributed by atoms with Crippen LogP contribution in [0, 0.1) is 11.8 Å². The molecule has 1 aliphatic rings. The molecule has 0 amide bonds. The molecule has 1 aliphatic carbocycles. The molecule has 0 saturated carbocycles. The number of benzene rings is 2. The molecule has 4 nitrogen and oxygen atoms in total.